The lowest BCUT2D eigenvalue weighted by molar-refractivity contribution is -0.113. The average molecular weight is 441 g/mol. The van der Waals surface area contributed by atoms with Crippen molar-refractivity contribution in [2.45, 2.75) is 31.0 Å². The molecule has 2 N–H and O–H groups in total. The van der Waals surface area contributed by atoms with E-state index in [1.807, 2.05) is 42.0 Å². The van der Waals surface area contributed by atoms with Gasteiger partial charge in [-0.25, -0.2) is 4.98 Å². The van der Waals surface area contributed by atoms with Crippen LogP contribution in [0.15, 0.2) is 60.0 Å². The zero-order valence-electron chi connectivity index (χ0n) is 16.4. The molecule has 1 fully saturated rings. The fraction of sp³-hybridized carbons (Fsp3) is 0.227. The summed E-state index contributed by atoms with van der Waals surface area (Å²) in [7, 11) is 0. The van der Waals surface area contributed by atoms with Crippen molar-refractivity contribution in [2.75, 3.05) is 11.1 Å². The van der Waals surface area contributed by atoms with Crippen LogP contribution >= 0.6 is 23.4 Å². The number of nitrogens with one attached hydrogen (secondary N) is 2. The van der Waals surface area contributed by atoms with E-state index in [1.165, 1.54) is 11.8 Å². The van der Waals surface area contributed by atoms with E-state index in [-0.39, 0.29) is 23.6 Å². The Bertz CT molecular complexity index is 1090. The summed E-state index contributed by atoms with van der Waals surface area (Å²) in [4.78, 5) is 28.9. The van der Waals surface area contributed by atoms with Crippen molar-refractivity contribution in [3.05, 3.63) is 71.0 Å². The van der Waals surface area contributed by atoms with Gasteiger partial charge >= 0.3 is 0 Å². The molecule has 1 aliphatic carbocycles. The molecule has 2 aromatic carbocycles. The third kappa shape index (κ3) is 4.86. The number of amides is 2. The minimum atomic E-state index is -0.182. The molecule has 0 atom stereocenters. The Labute approximate surface area is 184 Å². The number of aryl methyl sites for hydroxylation is 1. The number of hydrogen-bond donors (Lipinski definition) is 2. The van der Waals surface area contributed by atoms with Crippen LogP contribution in [-0.4, -0.2) is 33.2 Å². The van der Waals surface area contributed by atoms with Gasteiger partial charge < -0.3 is 10.6 Å². The predicted molar refractivity (Wildman–Crippen MR) is 120 cm³/mol. The van der Waals surface area contributed by atoms with E-state index in [4.69, 9.17) is 11.6 Å². The van der Waals surface area contributed by atoms with Gasteiger partial charge in [0.25, 0.3) is 5.91 Å². The molecule has 1 saturated carbocycles. The Morgan fingerprint density at radius 1 is 1.23 bits per heavy atom. The first-order valence-corrected chi connectivity index (χ1v) is 11.0. The van der Waals surface area contributed by atoms with E-state index >= 15 is 0 Å². The van der Waals surface area contributed by atoms with Crippen LogP contribution in [0.4, 0.5) is 5.69 Å². The molecule has 0 spiro atoms. The maximum atomic E-state index is 12.4. The van der Waals surface area contributed by atoms with Gasteiger partial charge in [0.15, 0.2) is 5.16 Å². The first kappa shape index (κ1) is 20.5. The van der Waals surface area contributed by atoms with Crippen molar-refractivity contribution < 1.29 is 9.59 Å². The second kappa shape index (κ2) is 8.93. The van der Waals surface area contributed by atoms with Gasteiger partial charge in [-0.05, 0) is 49.6 Å². The molecule has 0 bridgehead atoms. The Morgan fingerprint density at radius 2 is 2.03 bits per heavy atom. The monoisotopic (exact) mass is 440 g/mol. The molecule has 3 aromatic rings. The Balaban J connectivity index is 1.37. The molecular formula is C22H21ClN4O2S. The minimum Gasteiger partial charge on any atom is -0.349 e. The highest BCUT2D eigenvalue weighted by Gasteiger charge is 2.24. The summed E-state index contributed by atoms with van der Waals surface area (Å²) in [6, 6.07) is 13.2. The molecule has 1 aliphatic rings. The number of hydrogen-bond acceptors (Lipinski definition) is 4. The van der Waals surface area contributed by atoms with E-state index in [0.717, 1.165) is 29.2 Å². The van der Waals surface area contributed by atoms with Gasteiger partial charge in [-0.1, -0.05) is 41.6 Å². The lowest BCUT2D eigenvalue weighted by atomic mass is 10.2. The van der Waals surface area contributed by atoms with Gasteiger partial charge in [0, 0.05) is 24.1 Å². The number of anilines is 1. The summed E-state index contributed by atoms with van der Waals surface area (Å²) in [5, 5.41) is 6.78. The minimum absolute atomic E-state index is 0.175. The van der Waals surface area contributed by atoms with Crippen LogP contribution in [0.3, 0.4) is 0 Å². The number of carbonyl (C=O) groups excluding carboxylic acids is 2. The summed E-state index contributed by atoms with van der Waals surface area (Å²) >= 11 is 7.60. The van der Waals surface area contributed by atoms with Crippen LogP contribution < -0.4 is 10.6 Å². The molecule has 4 rings (SSSR count). The average Bonchev–Trinajstić information content (AvgIpc) is 3.41. The molecular weight excluding hydrogens is 420 g/mol. The number of halogens is 1. The van der Waals surface area contributed by atoms with Crippen LogP contribution in [0.25, 0.3) is 5.69 Å². The van der Waals surface area contributed by atoms with E-state index in [2.05, 4.69) is 15.6 Å². The fourth-order valence-corrected chi connectivity index (χ4v) is 4.04. The van der Waals surface area contributed by atoms with Crippen molar-refractivity contribution in [3.8, 4) is 5.69 Å². The number of para-hydroxylation sites is 1. The molecule has 1 aromatic heterocycles. The van der Waals surface area contributed by atoms with Gasteiger partial charge in [-0.15, -0.1) is 0 Å². The maximum Gasteiger partial charge on any atom is 0.253 e. The molecule has 1 heterocycles. The molecule has 154 valence electrons. The summed E-state index contributed by atoms with van der Waals surface area (Å²) in [5.41, 5.74) is 3.12. The van der Waals surface area contributed by atoms with Crippen molar-refractivity contribution in [1.82, 2.24) is 14.9 Å². The summed E-state index contributed by atoms with van der Waals surface area (Å²) in [6.07, 6.45) is 5.63. The lowest BCUT2D eigenvalue weighted by Gasteiger charge is -2.11. The molecule has 0 unspecified atom stereocenters. The van der Waals surface area contributed by atoms with E-state index in [9.17, 15) is 9.59 Å². The number of imidazole rings is 1. The van der Waals surface area contributed by atoms with Gasteiger partial charge in [0.1, 0.15) is 0 Å². The van der Waals surface area contributed by atoms with Crippen LogP contribution in [0.1, 0.15) is 28.8 Å². The maximum absolute atomic E-state index is 12.4. The number of benzene rings is 2. The van der Waals surface area contributed by atoms with Crippen LogP contribution in [0.2, 0.25) is 5.02 Å². The van der Waals surface area contributed by atoms with Crippen molar-refractivity contribution in [2.24, 2.45) is 0 Å². The van der Waals surface area contributed by atoms with Gasteiger partial charge in [0.05, 0.1) is 22.0 Å². The largest absolute Gasteiger partial charge is 0.349 e. The highest BCUT2D eigenvalue weighted by Crippen LogP contribution is 2.25. The van der Waals surface area contributed by atoms with Crippen LogP contribution in [0, 0.1) is 6.92 Å². The number of carbonyl (C=O) groups is 2. The van der Waals surface area contributed by atoms with Crippen LogP contribution in [0.5, 0.6) is 0 Å². The highest BCUT2D eigenvalue weighted by molar-refractivity contribution is 7.99. The molecule has 0 radical (unpaired) electrons. The summed E-state index contributed by atoms with van der Waals surface area (Å²) in [5.74, 6) is -0.158. The molecule has 2 amide bonds. The third-order valence-electron chi connectivity index (χ3n) is 4.72. The first-order chi connectivity index (χ1) is 14.5. The van der Waals surface area contributed by atoms with Crippen molar-refractivity contribution in [1.29, 1.82) is 0 Å². The second-order valence-electron chi connectivity index (χ2n) is 7.15. The fourth-order valence-electron chi connectivity index (χ4n) is 3.01. The number of thioether (sulfide) groups is 1. The predicted octanol–water partition coefficient (Wildman–Crippen LogP) is 4.46. The number of rotatable bonds is 7. The van der Waals surface area contributed by atoms with Crippen molar-refractivity contribution >= 4 is 40.9 Å². The third-order valence-corrected chi connectivity index (χ3v) is 6.00. The molecule has 30 heavy (non-hydrogen) atoms. The Kier molecular flexibility index (Phi) is 6.11. The SMILES string of the molecule is Cc1ccccc1-n1ccnc1SCC(=O)Nc1ccc(C(=O)NC2CC2)c(Cl)c1. The standard InChI is InChI=1S/C22H21ClN4O2S/c1-14-4-2-3-5-19(14)27-11-10-24-22(27)30-13-20(28)25-16-8-9-17(18(23)12-16)21(29)26-15-6-7-15/h2-5,8-12,15H,6-7,13H2,1H3,(H,25,28)(H,26,29). The van der Waals surface area contributed by atoms with E-state index in [0.29, 0.717) is 16.3 Å². The molecule has 6 nitrogen and oxygen atoms in total. The molecule has 0 aliphatic heterocycles. The zero-order chi connectivity index (χ0) is 21.1. The molecule has 8 heteroatoms. The van der Waals surface area contributed by atoms with Gasteiger partial charge in [-0.3, -0.25) is 14.2 Å². The van der Waals surface area contributed by atoms with E-state index in [1.54, 1.807) is 24.4 Å². The zero-order valence-corrected chi connectivity index (χ0v) is 18.0. The number of aromatic nitrogens is 2. The molecule has 0 saturated heterocycles. The summed E-state index contributed by atoms with van der Waals surface area (Å²) in [6.45, 7) is 2.04. The first-order valence-electron chi connectivity index (χ1n) is 9.63. The highest BCUT2D eigenvalue weighted by atomic mass is 35.5. The summed E-state index contributed by atoms with van der Waals surface area (Å²) < 4.78 is 1.97. The van der Waals surface area contributed by atoms with Gasteiger partial charge in [0.2, 0.25) is 5.91 Å². The smallest absolute Gasteiger partial charge is 0.253 e. The topological polar surface area (TPSA) is 76.0 Å². The van der Waals surface area contributed by atoms with Gasteiger partial charge in [-0.2, -0.15) is 0 Å². The van der Waals surface area contributed by atoms with Crippen molar-refractivity contribution in [3.63, 3.8) is 0 Å². The Hall–Kier alpha value is -2.77. The normalized spacial score (nSPS) is 13.1. The second-order valence-corrected chi connectivity index (χ2v) is 8.50. The lowest BCUT2D eigenvalue weighted by Crippen LogP contribution is -2.25. The Morgan fingerprint density at radius 3 is 2.77 bits per heavy atom. The van der Waals surface area contributed by atoms with E-state index < -0.39 is 0 Å². The van der Waals surface area contributed by atoms with Crippen LogP contribution in [-0.2, 0) is 4.79 Å². The quantitative estimate of drug-likeness (QED) is 0.532. The number of nitrogens with zero attached hydrogens (tertiary/aromatic N) is 2.